The third kappa shape index (κ3) is 6.72. The molecule has 0 aromatic heterocycles. The van der Waals surface area contributed by atoms with Gasteiger partial charge in [0, 0.05) is 12.6 Å². The Morgan fingerprint density at radius 2 is 2.00 bits per heavy atom. The average molecular weight is 256 g/mol. The maximum absolute atomic E-state index is 9.31. The minimum atomic E-state index is 0.261. The van der Waals surface area contributed by atoms with E-state index in [0.717, 1.165) is 31.8 Å². The van der Waals surface area contributed by atoms with Crippen LogP contribution in [0.5, 0.6) is 0 Å². The van der Waals surface area contributed by atoms with E-state index < -0.39 is 0 Å². The molecule has 0 radical (unpaired) electrons. The first kappa shape index (κ1) is 15.9. The van der Waals surface area contributed by atoms with Gasteiger partial charge in [-0.3, -0.25) is 0 Å². The Labute approximate surface area is 113 Å². The highest BCUT2D eigenvalue weighted by Crippen LogP contribution is 2.24. The van der Waals surface area contributed by atoms with Crippen LogP contribution in [-0.4, -0.2) is 49.3 Å². The highest BCUT2D eigenvalue weighted by atomic mass is 16.3. The molecule has 0 aromatic rings. The molecule has 1 saturated carbocycles. The number of aliphatic hydroxyl groups is 1. The van der Waals surface area contributed by atoms with Crippen LogP contribution in [-0.2, 0) is 0 Å². The van der Waals surface area contributed by atoms with Gasteiger partial charge in [-0.25, -0.2) is 0 Å². The van der Waals surface area contributed by atoms with E-state index in [2.05, 4.69) is 24.2 Å². The molecule has 0 aromatic carbocycles. The van der Waals surface area contributed by atoms with Gasteiger partial charge in [0.15, 0.2) is 0 Å². The van der Waals surface area contributed by atoms with Gasteiger partial charge in [-0.15, -0.1) is 0 Å². The molecule has 3 heteroatoms. The van der Waals surface area contributed by atoms with E-state index in [1.54, 1.807) is 0 Å². The Hall–Kier alpha value is -0.120. The van der Waals surface area contributed by atoms with E-state index >= 15 is 0 Å². The zero-order chi connectivity index (χ0) is 13.2. The van der Waals surface area contributed by atoms with E-state index in [-0.39, 0.29) is 12.6 Å². The predicted octanol–water partition coefficient (Wildman–Crippen LogP) is 2.25. The Balaban J connectivity index is 2.11. The predicted molar refractivity (Wildman–Crippen MR) is 77.9 cm³/mol. The number of nitrogens with zero attached hydrogens (tertiary/aromatic N) is 1. The average Bonchev–Trinajstić information content (AvgIpc) is 2.40. The summed E-state index contributed by atoms with van der Waals surface area (Å²) in [5.74, 6) is 0.917. The minimum absolute atomic E-state index is 0.261. The molecule has 108 valence electrons. The maximum Gasteiger partial charge on any atom is 0.0585 e. The Morgan fingerprint density at radius 1 is 1.28 bits per heavy atom. The van der Waals surface area contributed by atoms with Crippen LogP contribution in [0.15, 0.2) is 0 Å². The normalized spacial score (nSPS) is 19.3. The fourth-order valence-corrected chi connectivity index (χ4v) is 2.88. The summed E-state index contributed by atoms with van der Waals surface area (Å²) < 4.78 is 0. The molecule has 0 aliphatic heterocycles. The van der Waals surface area contributed by atoms with Crippen molar-refractivity contribution in [3.63, 3.8) is 0 Å². The van der Waals surface area contributed by atoms with E-state index in [1.807, 2.05) is 0 Å². The number of aliphatic hydroxyl groups excluding tert-OH is 1. The second-order valence-electron chi connectivity index (χ2n) is 5.89. The fourth-order valence-electron chi connectivity index (χ4n) is 2.88. The maximum atomic E-state index is 9.31. The Bertz CT molecular complexity index is 193. The molecule has 1 aliphatic rings. The first-order chi connectivity index (χ1) is 8.76. The van der Waals surface area contributed by atoms with Crippen LogP contribution >= 0.6 is 0 Å². The van der Waals surface area contributed by atoms with Crippen LogP contribution in [0.3, 0.4) is 0 Å². The third-order valence-electron chi connectivity index (χ3n) is 4.06. The zero-order valence-electron chi connectivity index (χ0n) is 12.3. The van der Waals surface area contributed by atoms with E-state index in [0.29, 0.717) is 0 Å². The zero-order valence-corrected chi connectivity index (χ0v) is 12.3. The van der Waals surface area contributed by atoms with Gasteiger partial charge in [-0.2, -0.15) is 0 Å². The molecule has 1 fully saturated rings. The van der Waals surface area contributed by atoms with Crippen molar-refractivity contribution in [1.82, 2.24) is 10.2 Å². The van der Waals surface area contributed by atoms with Crippen molar-refractivity contribution in [2.75, 3.05) is 33.3 Å². The topological polar surface area (TPSA) is 35.5 Å². The molecule has 2 N–H and O–H groups in total. The first-order valence-electron chi connectivity index (χ1n) is 7.79. The van der Waals surface area contributed by atoms with Crippen LogP contribution in [0.1, 0.15) is 51.9 Å². The molecule has 3 nitrogen and oxygen atoms in total. The lowest BCUT2D eigenvalue weighted by molar-refractivity contribution is 0.197. The lowest BCUT2D eigenvalue weighted by Crippen LogP contribution is -2.37. The quantitative estimate of drug-likeness (QED) is 0.664. The molecule has 0 saturated heterocycles. The molecule has 18 heavy (non-hydrogen) atoms. The molecular weight excluding hydrogens is 224 g/mol. The molecule has 0 heterocycles. The smallest absolute Gasteiger partial charge is 0.0585 e. The lowest BCUT2D eigenvalue weighted by Gasteiger charge is -2.28. The monoisotopic (exact) mass is 256 g/mol. The van der Waals surface area contributed by atoms with Crippen LogP contribution < -0.4 is 5.32 Å². The van der Waals surface area contributed by atoms with Crippen molar-refractivity contribution in [2.45, 2.75) is 57.9 Å². The molecule has 1 atom stereocenters. The summed E-state index contributed by atoms with van der Waals surface area (Å²) in [7, 11) is 2.23. The number of rotatable bonds is 9. The SMILES string of the molecule is CCCNC(CO)CCN(C)CC1CCCCC1. The Morgan fingerprint density at radius 3 is 2.61 bits per heavy atom. The molecule has 1 unspecified atom stereocenters. The van der Waals surface area contributed by atoms with Gasteiger partial charge in [0.1, 0.15) is 0 Å². The van der Waals surface area contributed by atoms with Gasteiger partial charge in [0.05, 0.1) is 6.61 Å². The van der Waals surface area contributed by atoms with Crippen LogP contribution in [0, 0.1) is 5.92 Å². The van der Waals surface area contributed by atoms with Crippen molar-refractivity contribution < 1.29 is 5.11 Å². The van der Waals surface area contributed by atoms with Crippen LogP contribution in [0.25, 0.3) is 0 Å². The van der Waals surface area contributed by atoms with Gasteiger partial charge >= 0.3 is 0 Å². The van der Waals surface area contributed by atoms with Crippen molar-refractivity contribution in [2.24, 2.45) is 5.92 Å². The van der Waals surface area contributed by atoms with Gasteiger partial charge in [-0.05, 0) is 51.7 Å². The van der Waals surface area contributed by atoms with Crippen molar-refractivity contribution in [3.8, 4) is 0 Å². The highest BCUT2D eigenvalue weighted by molar-refractivity contribution is 4.71. The van der Waals surface area contributed by atoms with Gasteiger partial charge in [0.2, 0.25) is 0 Å². The van der Waals surface area contributed by atoms with E-state index in [4.69, 9.17) is 0 Å². The fraction of sp³-hybridized carbons (Fsp3) is 1.00. The minimum Gasteiger partial charge on any atom is -0.395 e. The summed E-state index contributed by atoms with van der Waals surface area (Å²) in [5, 5.41) is 12.7. The summed E-state index contributed by atoms with van der Waals surface area (Å²) in [4.78, 5) is 2.45. The summed E-state index contributed by atoms with van der Waals surface area (Å²) in [6, 6.07) is 0.277. The molecule has 0 spiro atoms. The molecular formula is C15H32N2O. The molecule has 0 amide bonds. The van der Waals surface area contributed by atoms with Gasteiger partial charge < -0.3 is 15.3 Å². The van der Waals surface area contributed by atoms with E-state index in [9.17, 15) is 5.11 Å². The molecule has 1 rings (SSSR count). The van der Waals surface area contributed by atoms with Crippen LogP contribution in [0.4, 0.5) is 0 Å². The second kappa shape index (κ2) is 9.76. The standard InChI is InChI=1S/C15H32N2O/c1-3-10-16-15(13-18)9-11-17(2)12-14-7-5-4-6-8-14/h14-16,18H,3-13H2,1-2H3. The summed E-state index contributed by atoms with van der Waals surface area (Å²) in [5.41, 5.74) is 0. The lowest BCUT2D eigenvalue weighted by atomic mass is 9.89. The van der Waals surface area contributed by atoms with Gasteiger partial charge in [0.25, 0.3) is 0 Å². The van der Waals surface area contributed by atoms with Gasteiger partial charge in [-0.1, -0.05) is 26.2 Å². The van der Waals surface area contributed by atoms with Crippen LogP contribution in [0.2, 0.25) is 0 Å². The number of hydrogen-bond donors (Lipinski definition) is 2. The number of nitrogens with one attached hydrogen (secondary N) is 1. The number of hydrogen-bond acceptors (Lipinski definition) is 3. The van der Waals surface area contributed by atoms with Crippen molar-refractivity contribution >= 4 is 0 Å². The summed E-state index contributed by atoms with van der Waals surface area (Å²) in [6.45, 7) is 5.77. The summed E-state index contributed by atoms with van der Waals surface area (Å²) >= 11 is 0. The summed E-state index contributed by atoms with van der Waals surface area (Å²) in [6.07, 6.45) is 9.32. The Kier molecular flexibility index (Phi) is 8.64. The largest absolute Gasteiger partial charge is 0.395 e. The second-order valence-corrected chi connectivity index (χ2v) is 5.89. The van der Waals surface area contributed by atoms with Crippen molar-refractivity contribution in [3.05, 3.63) is 0 Å². The molecule has 0 bridgehead atoms. The third-order valence-corrected chi connectivity index (χ3v) is 4.06. The van der Waals surface area contributed by atoms with E-state index in [1.165, 1.54) is 38.6 Å². The molecule has 1 aliphatic carbocycles. The van der Waals surface area contributed by atoms with Crippen molar-refractivity contribution in [1.29, 1.82) is 0 Å². The first-order valence-corrected chi connectivity index (χ1v) is 7.79. The highest BCUT2D eigenvalue weighted by Gasteiger charge is 2.16.